The lowest BCUT2D eigenvalue weighted by atomic mass is 9.74. The zero-order valence-corrected chi connectivity index (χ0v) is 14.6. The summed E-state index contributed by atoms with van der Waals surface area (Å²) in [5.41, 5.74) is 4.63. The number of likely N-dealkylation sites (N-methyl/N-ethyl adjacent to an activating group) is 1. The molecule has 1 aliphatic carbocycles. The second-order valence-electron chi connectivity index (χ2n) is 6.85. The molecular weight excluding hydrogens is 334 g/mol. The van der Waals surface area contributed by atoms with Crippen molar-refractivity contribution in [2.24, 2.45) is 5.92 Å². The zero-order chi connectivity index (χ0) is 15.1. The quantitative estimate of drug-likeness (QED) is 0.757. The Hall–Kier alpha value is -1.12. The van der Waals surface area contributed by atoms with Crippen molar-refractivity contribution in [1.82, 2.24) is 4.90 Å². The highest BCUT2D eigenvalue weighted by Crippen LogP contribution is 2.45. The molecule has 2 aromatic rings. The third-order valence-corrected chi connectivity index (χ3v) is 6.09. The summed E-state index contributed by atoms with van der Waals surface area (Å²) in [7, 11) is 2.31. The molecule has 2 heteroatoms. The van der Waals surface area contributed by atoms with Gasteiger partial charge in [-0.3, -0.25) is 0 Å². The summed E-state index contributed by atoms with van der Waals surface area (Å²) < 4.78 is 1.22. The van der Waals surface area contributed by atoms with E-state index in [1.54, 1.807) is 11.1 Å². The molecule has 0 radical (unpaired) electrons. The van der Waals surface area contributed by atoms with Gasteiger partial charge in [-0.2, -0.15) is 0 Å². The number of fused-ring (bicyclic) bond motifs is 3. The topological polar surface area (TPSA) is 3.24 Å². The first-order chi connectivity index (χ1) is 10.7. The Bertz CT molecular complexity index is 667. The third kappa shape index (κ3) is 2.53. The van der Waals surface area contributed by atoms with Crippen LogP contribution in [0.25, 0.3) is 0 Å². The Kier molecular flexibility index (Phi) is 3.83. The van der Waals surface area contributed by atoms with E-state index in [1.807, 2.05) is 0 Å². The van der Waals surface area contributed by atoms with E-state index in [0.717, 1.165) is 11.8 Å². The molecule has 1 saturated heterocycles. The van der Waals surface area contributed by atoms with Crippen molar-refractivity contribution in [2.45, 2.75) is 31.2 Å². The van der Waals surface area contributed by atoms with Crippen LogP contribution in [0.5, 0.6) is 0 Å². The second kappa shape index (κ2) is 5.82. The molecule has 0 N–H and O–H groups in total. The van der Waals surface area contributed by atoms with E-state index in [0.29, 0.717) is 6.04 Å². The van der Waals surface area contributed by atoms with Gasteiger partial charge in [-0.25, -0.2) is 0 Å². The van der Waals surface area contributed by atoms with E-state index >= 15 is 0 Å². The molecule has 1 nitrogen and oxygen atoms in total. The predicted molar refractivity (Wildman–Crippen MR) is 95.3 cm³/mol. The van der Waals surface area contributed by atoms with Gasteiger partial charge in [0.15, 0.2) is 0 Å². The Morgan fingerprint density at radius 3 is 2.77 bits per heavy atom. The van der Waals surface area contributed by atoms with Gasteiger partial charge >= 0.3 is 0 Å². The van der Waals surface area contributed by atoms with E-state index in [9.17, 15) is 0 Å². The van der Waals surface area contributed by atoms with E-state index < -0.39 is 0 Å². The van der Waals surface area contributed by atoms with Crippen molar-refractivity contribution in [3.63, 3.8) is 0 Å². The normalized spacial score (nSPS) is 27.5. The number of rotatable bonds is 2. The van der Waals surface area contributed by atoms with Crippen LogP contribution >= 0.6 is 15.9 Å². The number of benzene rings is 2. The van der Waals surface area contributed by atoms with Gasteiger partial charge in [0.1, 0.15) is 0 Å². The molecular formula is C20H22BrN. The van der Waals surface area contributed by atoms with Crippen LogP contribution in [0.15, 0.2) is 53.0 Å². The van der Waals surface area contributed by atoms with Crippen LogP contribution in [0.1, 0.15) is 29.0 Å². The van der Waals surface area contributed by atoms with Gasteiger partial charge in [-0.15, -0.1) is 0 Å². The molecule has 3 atom stereocenters. The molecule has 0 amide bonds. The highest BCUT2D eigenvalue weighted by Gasteiger charge is 2.42. The number of likely N-dealkylation sites (tertiary alicyclic amines) is 1. The molecule has 114 valence electrons. The molecule has 0 bridgehead atoms. The van der Waals surface area contributed by atoms with Crippen molar-refractivity contribution < 1.29 is 0 Å². The standard InChI is InChI=1S/C20H22BrN/c1-22-13-19-17-10-8-16(21)12-15(17)7-9-18(19)20(22)11-14-5-3-2-4-6-14/h2-6,8,10,12,18-20H,7,9,11,13H2,1H3/t18?,19-,20-/m1/s1. The van der Waals surface area contributed by atoms with Crippen molar-refractivity contribution in [3.8, 4) is 0 Å². The number of halogens is 1. The van der Waals surface area contributed by atoms with Gasteiger partial charge in [-0.05, 0) is 61.1 Å². The minimum absolute atomic E-state index is 0.684. The van der Waals surface area contributed by atoms with Gasteiger partial charge in [0.2, 0.25) is 0 Å². The van der Waals surface area contributed by atoms with Gasteiger partial charge in [0.25, 0.3) is 0 Å². The molecule has 4 rings (SSSR count). The molecule has 0 spiro atoms. The van der Waals surface area contributed by atoms with E-state index in [4.69, 9.17) is 0 Å². The average molecular weight is 356 g/mol. The summed E-state index contributed by atoms with van der Waals surface area (Å²) in [5.74, 6) is 1.52. The van der Waals surface area contributed by atoms with Gasteiger partial charge in [0, 0.05) is 23.0 Å². The highest BCUT2D eigenvalue weighted by atomic mass is 79.9. The Balaban J connectivity index is 1.61. The van der Waals surface area contributed by atoms with Gasteiger partial charge < -0.3 is 4.90 Å². The van der Waals surface area contributed by atoms with Crippen LogP contribution in [0.3, 0.4) is 0 Å². The SMILES string of the molecule is CN1C[C@@H]2c3ccc(Br)cc3CCC2[C@H]1Cc1ccccc1. The monoisotopic (exact) mass is 355 g/mol. The largest absolute Gasteiger partial charge is 0.302 e. The van der Waals surface area contributed by atoms with E-state index in [-0.39, 0.29) is 0 Å². The second-order valence-corrected chi connectivity index (χ2v) is 7.76. The van der Waals surface area contributed by atoms with E-state index in [1.165, 1.54) is 35.8 Å². The molecule has 2 aromatic carbocycles. The van der Waals surface area contributed by atoms with Crippen LogP contribution in [0.4, 0.5) is 0 Å². The highest BCUT2D eigenvalue weighted by molar-refractivity contribution is 9.10. The lowest BCUT2D eigenvalue weighted by Gasteiger charge is -2.31. The van der Waals surface area contributed by atoms with Crippen molar-refractivity contribution in [3.05, 3.63) is 69.7 Å². The molecule has 0 aromatic heterocycles. The summed E-state index contributed by atoms with van der Waals surface area (Å²) >= 11 is 3.62. The lowest BCUT2D eigenvalue weighted by Crippen LogP contribution is -2.32. The number of nitrogens with zero attached hydrogens (tertiary/aromatic N) is 1. The number of hydrogen-bond acceptors (Lipinski definition) is 1. The van der Waals surface area contributed by atoms with Crippen molar-refractivity contribution in [1.29, 1.82) is 0 Å². The maximum Gasteiger partial charge on any atom is 0.0178 e. The summed E-state index contributed by atoms with van der Waals surface area (Å²) in [5, 5.41) is 0. The molecule has 1 unspecified atom stereocenters. The van der Waals surface area contributed by atoms with Crippen LogP contribution in [0.2, 0.25) is 0 Å². The molecule has 1 heterocycles. The summed E-state index contributed by atoms with van der Waals surface area (Å²) in [6.07, 6.45) is 3.75. The van der Waals surface area contributed by atoms with Gasteiger partial charge in [0.05, 0.1) is 0 Å². The fourth-order valence-electron chi connectivity index (χ4n) is 4.54. The number of hydrogen-bond donors (Lipinski definition) is 0. The summed E-state index contributed by atoms with van der Waals surface area (Å²) in [4.78, 5) is 2.60. The fourth-order valence-corrected chi connectivity index (χ4v) is 4.94. The minimum Gasteiger partial charge on any atom is -0.302 e. The molecule has 0 saturated carbocycles. The average Bonchev–Trinajstić information content (AvgIpc) is 2.84. The lowest BCUT2D eigenvalue weighted by molar-refractivity contribution is 0.259. The van der Waals surface area contributed by atoms with Gasteiger partial charge in [-0.1, -0.05) is 52.3 Å². The van der Waals surface area contributed by atoms with Crippen LogP contribution < -0.4 is 0 Å². The first-order valence-corrected chi connectivity index (χ1v) is 9.04. The molecule has 2 aliphatic rings. The first kappa shape index (κ1) is 14.5. The fraction of sp³-hybridized carbons (Fsp3) is 0.400. The Morgan fingerprint density at radius 1 is 1.14 bits per heavy atom. The Labute approximate surface area is 141 Å². The maximum atomic E-state index is 3.62. The van der Waals surface area contributed by atoms with Crippen LogP contribution in [0, 0.1) is 5.92 Å². The third-order valence-electron chi connectivity index (χ3n) is 5.60. The number of aryl methyl sites for hydroxylation is 1. The summed E-state index contributed by atoms with van der Waals surface area (Å²) in [6, 6.07) is 18.6. The van der Waals surface area contributed by atoms with E-state index in [2.05, 4.69) is 76.4 Å². The van der Waals surface area contributed by atoms with Crippen molar-refractivity contribution >= 4 is 15.9 Å². The smallest absolute Gasteiger partial charge is 0.0178 e. The minimum atomic E-state index is 0.684. The molecule has 1 fully saturated rings. The zero-order valence-electron chi connectivity index (χ0n) is 13.0. The predicted octanol–water partition coefficient (Wildman–Crippen LogP) is 4.65. The van der Waals surface area contributed by atoms with Crippen LogP contribution in [-0.2, 0) is 12.8 Å². The molecule has 22 heavy (non-hydrogen) atoms. The first-order valence-electron chi connectivity index (χ1n) is 8.25. The molecule has 1 aliphatic heterocycles. The Morgan fingerprint density at radius 2 is 1.95 bits per heavy atom. The van der Waals surface area contributed by atoms with Crippen molar-refractivity contribution in [2.75, 3.05) is 13.6 Å². The maximum absolute atomic E-state index is 3.62. The summed E-state index contributed by atoms with van der Waals surface area (Å²) in [6.45, 7) is 1.21. The van der Waals surface area contributed by atoms with Crippen LogP contribution in [-0.4, -0.2) is 24.5 Å².